The van der Waals surface area contributed by atoms with E-state index in [1.165, 1.54) is 19.3 Å². The zero-order chi connectivity index (χ0) is 17.6. The van der Waals surface area contributed by atoms with Crippen molar-refractivity contribution >= 4 is 0 Å². The Balaban J connectivity index is 2.12. The topological polar surface area (TPSA) is 49.7 Å². The predicted molar refractivity (Wildman–Crippen MR) is 96.1 cm³/mol. The molecule has 1 aromatic rings. The molecule has 0 saturated heterocycles. The lowest BCUT2D eigenvalue weighted by Crippen LogP contribution is -2.28. The summed E-state index contributed by atoms with van der Waals surface area (Å²) in [5.41, 5.74) is 0.443. The molecule has 0 radical (unpaired) electrons. The summed E-state index contributed by atoms with van der Waals surface area (Å²) in [6, 6.07) is 9.37. The van der Waals surface area contributed by atoms with E-state index < -0.39 is 12.4 Å². The first-order chi connectivity index (χ1) is 11.4. The third-order valence-corrected chi connectivity index (χ3v) is 4.62. The van der Waals surface area contributed by atoms with Crippen LogP contribution in [0.5, 0.6) is 0 Å². The van der Waals surface area contributed by atoms with Crippen LogP contribution < -0.4 is 0 Å². The molecule has 2 N–H and O–H groups in total. The van der Waals surface area contributed by atoms with Gasteiger partial charge in [0, 0.05) is 5.56 Å². The molecule has 1 saturated carbocycles. The lowest BCUT2D eigenvalue weighted by Gasteiger charge is -2.29. The molecule has 0 bridgehead atoms. The van der Waals surface area contributed by atoms with Crippen LogP contribution in [0, 0.1) is 23.2 Å². The van der Waals surface area contributed by atoms with Crippen molar-refractivity contribution < 1.29 is 14.9 Å². The fourth-order valence-corrected chi connectivity index (χ4v) is 2.91. The Morgan fingerprint density at radius 1 is 1.00 bits per heavy atom. The first-order valence-corrected chi connectivity index (χ1v) is 8.95. The van der Waals surface area contributed by atoms with Crippen molar-refractivity contribution in [2.45, 2.75) is 71.4 Å². The van der Waals surface area contributed by atoms with E-state index in [9.17, 15) is 10.2 Å². The van der Waals surface area contributed by atoms with Gasteiger partial charge in [-0.3, -0.25) is 0 Å². The molecule has 0 heterocycles. The van der Waals surface area contributed by atoms with Crippen molar-refractivity contribution in [3.8, 4) is 11.8 Å². The van der Waals surface area contributed by atoms with E-state index in [2.05, 4.69) is 11.8 Å². The van der Waals surface area contributed by atoms with Gasteiger partial charge in [-0.15, -0.1) is 0 Å². The summed E-state index contributed by atoms with van der Waals surface area (Å²) >= 11 is 0. The number of aliphatic hydroxyl groups excluding tert-OH is 2. The van der Waals surface area contributed by atoms with Crippen molar-refractivity contribution in [1.29, 1.82) is 0 Å². The summed E-state index contributed by atoms with van der Waals surface area (Å²) in [4.78, 5) is 0. The van der Waals surface area contributed by atoms with E-state index in [-0.39, 0.29) is 11.5 Å². The SMILES string of the molecule is CC(C)(C)[C@H](O)C#C[C@@H](OC(O)c1ccccc1)C1CCCCC1. The van der Waals surface area contributed by atoms with Gasteiger partial charge in [-0.25, -0.2) is 0 Å². The maximum Gasteiger partial charge on any atom is 0.182 e. The minimum atomic E-state index is -0.987. The Labute approximate surface area is 146 Å². The molecular formula is C21H30O3. The molecule has 1 unspecified atom stereocenters. The molecule has 3 atom stereocenters. The fourth-order valence-electron chi connectivity index (χ4n) is 2.91. The lowest BCUT2D eigenvalue weighted by atomic mass is 9.84. The molecule has 0 spiro atoms. The standard InChI is InChI=1S/C21H30O3/c1-21(2,3)19(22)15-14-18(16-10-6-4-7-11-16)24-20(23)17-12-8-5-9-13-17/h5,8-9,12-13,16,18-20,22-23H,4,6-7,10-11H2,1-3H3/t18-,19-,20?/m1/s1. The monoisotopic (exact) mass is 330 g/mol. The average Bonchev–Trinajstić information content (AvgIpc) is 2.58. The Morgan fingerprint density at radius 2 is 1.62 bits per heavy atom. The minimum absolute atomic E-state index is 0.290. The second-order valence-corrected chi connectivity index (χ2v) is 7.78. The zero-order valence-corrected chi connectivity index (χ0v) is 15.0. The van der Waals surface area contributed by atoms with Crippen LogP contribution in [0.15, 0.2) is 30.3 Å². The summed E-state index contributed by atoms with van der Waals surface area (Å²) in [6.07, 6.45) is 3.68. The predicted octanol–water partition coefficient (Wildman–Crippen LogP) is 4.05. The number of rotatable bonds is 4. The smallest absolute Gasteiger partial charge is 0.182 e. The summed E-state index contributed by atoms with van der Waals surface area (Å²) in [5, 5.41) is 20.6. The third kappa shape index (κ3) is 5.63. The molecule has 2 rings (SSSR count). The first kappa shape index (κ1) is 19.0. The van der Waals surface area contributed by atoms with Gasteiger partial charge in [0.05, 0.1) is 0 Å². The number of hydrogen-bond acceptors (Lipinski definition) is 3. The van der Waals surface area contributed by atoms with Gasteiger partial charge < -0.3 is 14.9 Å². The second kappa shape index (κ2) is 8.67. The van der Waals surface area contributed by atoms with E-state index in [1.807, 2.05) is 51.1 Å². The highest BCUT2D eigenvalue weighted by Gasteiger charge is 2.26. The summed E-state index contributed by atoms with van der Waals surface area (Å²) < 4.78 is 5.91. The van der Waals surface area contributed by atoms with Gasteiger partial charge in [0.25, 0.3) is 0 Å². The van der Waals surface area contributed by atoms with Crippen LogP contribution in [0.25, 0.3) is 0 Å². The Kier molecular flexibility index (Phi) is 6.86. The zero-order valence-electron chi connectivity index (χ0n) is 15.0. The van der Waals surface area contributed by atoms with Gasteiger partial charge in [-0.1, -0.05) is 82.2 Å². The molecule has 3 nitrogen and oxygen atoms in total. The van der Waals surface area contributed by atoms with Crippen molar-refractivity contribution in [3.63, 3.8) is 0 Å². The van der Waals surface area contributed by atoms with Crippen LogP contribution in [0.3, 0.4) is 0 Å². The average molecular weight is 330 g/mol. The van der Waals surface area contributed by atoms with Gasteiger partial charge in [-0.05, 0) is 24.2 Å². The maximum atomic E-state index is 10.4. The van der Waals surface area contributed by atoms with Crippen LogP contribution >= 0.6 is 0 Å². The van der Waals surface area contributed by atoms with E-state index in [1.54, 1.807) is 0 Å². The van der Waals surface area contributed by atoms with Gasteiger partial charge >= 0.3 is 0 Å². The highest BCUT2D eigenvalue weighted by molar-refractivity contribution is 5.17. The highest BCUT2D eigenvalue weighted by Crippen LogP contribution is 2.30. The van der Waals surface area contributed by atoms with E-state index in [0.29, 0.717) is 5.92 Å². The van der Waals surface area contributed by atoms with Gasteiger partial charge in [-0.2, -0.15) is 0 Å². The summed E-state index contributed by atoms with van der Waals surface area (Å²) in [5.74, 6) is 6.38. The third-order valence-electron chi connectivity index (χ3n) is 4.62. The number of aliphatic hydroxyl groups is 2. The molecule has 1 fully saturated rings. The Hall–Kier alpha value is -1.34. The van der Waals surface area contributed by atoms with Crippen LogP contribution in [-0.4, -0.2) is 22.4 Å². The number of hydrogen-bond donors (Lipinski definition) is 2. The van der Waals surface area contributed by atoms with E-state index >= 15 is 0 Å². The first-order valence-electron chi connectivity index (χ1n) is 8.95. The molecule has 1 aliphatic rings. The molecule has 24 heavy (non-hydrogen) atoms. The Morgan fingerprint density at radius 3 is 2.21 bits per heavy atom. The van der Waals surface area contributed by atoms with E-state index in [4.69, 9.17) is 4.74 Å². The van der Waals surface area contributed by atoms with Gasteiger partial charge in [0.1, 0.15) is 12.2 Å². The molecule has 3 heteroatoms. The van der Waals surface area contributed by atoms with Gasteiger partial charge in [0.2, 0.25) is 0 Å². The largest absolute Gasteiger partial charge is 0.380 e. The number of ether oxygens (including phenoxy) is 1. The molecule has 0 aromatic heterocycles. The van der Waals surface area contributed by atoms with Crippen molar-refractivity contribution in [3.05, 3.63) is 35.9 Å². The maximum absolute atomic E-state index is 10.4. The summed E-state index contributed by atoms with van der Waals surface area (Å²) in [7, 11) is 0. The molecule has 0 aliphatic heterocycles. The van der Waals surface area contributed by atoms with Gasteiger partial charge in [0.15, 0.2) is 6.29 Å². The van der Waals surface area contributed by atoms with Crippen LogP contribution in [-0.2, 0) is 4.74 Å². The highest BCUT2D eigenvalue weighted by atomic mass is 16.6. The van der Waals surface area contributed by atoms with Crippen molar-refractivity contribution in [1.82, 2.24) is 0 Å². The molecular weight excluding hydrogens is 300 g/mol. The molecule has 132 valence electrons. The molecule has 1 aromatic carbocycles. The Bertz CT molecular complexity index is 544. The number of benzene rings is 1. The fraction of sp³-hybridized carbons (Fsp3) is 0.619. The normalized spacial score (nSPS) is 19.9. The van der Waals surface area contributed by atoms with Crippen LogP contribution in [0.4, 0.5) is 0 Å². The molecule has 1 aliphatic carbocycles. The summed E-state index contributed by atoms with van der Waals surface area (Å²) in [6.45, 7) is 5.88. The van der Waals surface area contributed by atoms with Crippen LogP contribution in [0.1, 0.15) is 64.7 Å². The quantitative estimate of drug-likeness (QED) is 0.647. The second-order valence-electron chi connectivity index (χ2n) is 7.78. The van der Waals surface area contributed by atoms with Crippen LogP contribution in [0.2, 0.25) is 0 Å². The molecule has 0 amide bonds. The minimum Gasteiger partial charge on any atom is -0.380 e. The van der Waals surface area contributed by atoms with E-state index in [0.717, 1.165) is 18.4 Å². The lowest BCUT2D eigenvalue weighted by molar-refractivity contribution is -0.139. The van der Waals surface area contributed by atoms with Crippen molar-refractivity contribution in [2.24, 2.45) is 11.3 Å². The van der Waals surface area contributed by atoms with Crippen molar-refractivity contribution in [2.75, 3.05) is 0 Å².